The fourth-order valence-corrected chi connectivity index (χ4v) is 10.2. The Balaban J connectivity index is 1.23. The van der Waals surface area contributed by atoms with Gasteiger partial charge in [0.2, 0.25) is 17.7 Å². The highest BCUT2D eigenvalue weighted by Gasteiger charge is 2.64. The number of carbonyl (C=O) groups excluding carboxylic acids is 7. The summed E-state index contributed by atoms with van der Waals surface area (Å²) in [5.74, 6) is -2.27. The van der Waals surface area contributed by atoms with Gasteiger partial charge in [-0.1, -0.05) is 66.6 Å². The number of carbonyl (C=O) groups is 7. The Morgan fingerprint density at radius 3 is 2.48 bits per heavy atom. The molecule has 1 aromatic carbocycles. The summed E-state index contributed by atoms with van der Waals surface area (Å²) < 4.78 is 41.0. The van der Waals surface area contributed by atoms with E-state index >= 15 is 0 Å². The highest BCUT2D eigenvalue weighted by molar-refractivity contribution is 8.13. The smallest absolute Gasteiger partial charge is 0.410 e. The number of likely N-dealkylation sites (N-methyl/N-ethyl adjacent to an activating group) is 4. The van der Waals surface area contributed by atoms with E-state index in [1.165, 1.54) is 54.8 Å². The first-order chi connectivity index (χ1) is 35.5. The minimum atomic E-state index is -1.88. The van der Waals surface area contributed by atoms with Crippen LogP contribution >= 0.6 is 23.4 Å². The largest absolute Gasteiger partial charge is 0.495 e. The summed E-state index contributed by atoms with van der Waals surface area (Å²) in [6.07, 6.45) is 5.37. The van der Waals surface area contributed by atoms with E-state index < -0.39 is 96.3 Å². The fourth-order valence-electron chi connectivity index (χ4n) is 9.09. The van der Waals surface area contributed by atoms with Gasteiger partial charge in [0.15, 0.2) is 5.72 Å². The van der Waals surface area contributed by atoms with Crippen molar-refractivity contribution in [2.75, 3.05) is 79.8 Å². The number of amides is 6. The van der Waals surface area contributed by atoms with E-state index in [0.29, 0.717) is 24.3 Å². The average Bonchev–Trinajstić information content (AvgIpc) is 4.07. The molecule has 10 atom stereocenters. The molecule has 4 aliphatic rings. The topological polar surface area (TPSA) is 245 Å². The van der Waals surface area contributed by atoms with Gasteiger partial charge in [0.25, 0.3) is 5.24 Å². The minimum absolute atomic E-state index is 0.0780. The Bertz CT molecular complexity index is 2340. The number of aliphatic hydroxyl groups is 1. The molecule has 0 saturated carbocycles. The summed E-state index contributed by atoms with van der Waals surface area (Å²) in [5, 5.41) is 16.7. The number of rotatable bonds is 15. The maximum Gasteiger partial charge on any atom is 0.410 e. The van der Waals surface area contributed by atoms with Crippen LogP contribution in [0, 0.1) is 5.92 Å². The normalized spacial score (nSPS) is 28.9. The van der Waals surface area contributed by atoms with Crippen molar-refractivity contribution in [3.63, 3.8) is 0 Å². The van der Waals surface area contributed by atoms with Crippen LogP contribution < -0.4 is 20.3 Å². The van der Waals surface area contributed by atoms with E-state index in [4.69, 9.17) is 44.8 Å². The molecule has 3 N–H and O–H groups in total. The van der Waals surface area contributed by atoms with Crippen molar-refractivity contribution in [2.45, 2.75) is 133 Å². The summed E-state index contributed by atoms with van der Waals surface area (Å²) in [5.41, 5.74) is -1.19. The van der Waals surface area contributed by atoms with Crippen molar-refractivity contribution in [3.05, 3.63) is 58.7 Å². The molecule has 23 heteroatoms. The fraction of sp³-hybridized carbons (Fsp3) is 0.635. The van der Waals surface area contributed by atoms with Crippen LogP contribution in [0.4, 0.5) is 20.1 Å². The van der Waals surface area contributed by atoms with E-state index in [9.17, 15) is 38.7 Å². The van der Waals surface area contributed by atoms with Crippen LogP contribution in [0.2, 0.25) is 5.02 Å². The molecule has 0 radical (unpaired) electrons. The number of fused-ring (bicyclic) bond motifs is 5. The Morgan fingerprint density at radius 1 is 1.07 bits per heavy atom. The van der Waals surface area contributed by atoms with Crippen molar-refractivity contribution < 1.29 is 71.8 Å². The molecule has 2 saturated heterocycles. The highest BCUT2D eigenvalue weighted by Crippen LogP contribution is 2.49. The standard InChI is InChI=1S/C52H75ClN6O15S/c1-31-17-16-20-40(69-11)52(67)29-39(71-48(64)55-52)32(2)46-51(4,74-46)41(28-44(62)59(9)35-26-34(25-31)27-38(68-10)45(35)53)73-47(63)33(3)58(8)43(61)21-24-75-50(66)57(7)23-22-56(6)49(65)72-37-19-15-13-12-14-18-36(37)70-30-42(60)54-5/h15-17,19-20,26-27,32-33,36-37,39-41,46,67H,12-14,18,21-25,28-30H2,1-11H3,(H,54,60)(H,55,64)/b19-15+,20-16+,31-17+/t32-,33+,36?,37?,39+,40-,41+,46+,51+,52+/m1/s1. The molecule has 6 amide bonds. The van der Waals surface area contributed by atoms with Gasteiger partial charge in [-0.25, -0.2) is 14.4 Å². The zero-order valence-electron chi connectivity index (χ0n) is 44.9. The van der Waals surface area contributed by atoms with E-state index in [2.05, 4.69) is 10.6 Å². The van der Waals surface area contributed by atoms with Crippen molar-refractivity contribution in [2.24, 2.45) is 5.92 Å². The summed E-state index contributed by atoms with van der Waals surface area (Å²) in [6.45, 7) is 6.97. The summed E-state index contributed by atoms with van der Waals surface area (Å²) in [6, 6.07) is 2.38. The molecule has 2 unspecified atom stereocenters. The van der Waals surface area contributed by atoms with E-state index in [0.717, 1.165) is 42.2 Å². The number of benzene rings is 1. The molecule has 2 fully saturated rings. The Kier molecular flexibility index (Phi) is 21.8. The number of methoxy groups -OCH3 is 2. The van der Waals surface area contributed by atoms with Crippen LogP contribution in [0.25, 0.3) is 0 Å². The second-order valence-corrected chi connectivity index (χ2v) is 21.1. The first kappa shape index (κ1) is 60.5. The number of hydrogen-bond donors (Lipinski definition) is 3. The molecule has 1 aromatic rings. The van der Waals surface area contributed by atoms with Gasteiger partial charge in [-0.3, -0.25) is 24.5 Å². The third-order valence-electron chi connectivity index (χ3n) is 14.2. The number of alkyl carbamates (subject to hydrolysis) is 1. The minimum Gasteiger partial charge on any atom is -0.495 e. The number of halogens is 1. The molecule has 5 rings (SSSR count). The molecule has 0 aromatic heterocycles. The molecular weight excluding hydrogens is 1020 g/mol. The maximum absolute atomic E-state index is 14.4. The lowest BCUT2D eigenvalue weighted by atomic mass is 9.83. The van der Waals surface area contributed by atoms with Crippen molar-refractivity contribution in [1.29, 1.82) is 0 Å². The zero-order valence-corrected chi connectivity index (χ0v) is 46.5. The average molecular weight is 1090 g/mol. The number of hydrogen-bond acceptors (Lipinski definition) is 16. The van der Waals surface area contributed by atoms with Crippen molar-refractivity contribution in [3.8, 4) is 5.75 Å². The quantitative estimate of drug-likeness (QED) is 0.0863. The Morgan fingerprint density at radius 2 is 1.79 bits per heavy atom. The lowest BCUT2D eigenvalue weighted by Crippen LogP contribution is -2.63. The highest BCUT2D eigenvalue weighted by atomic mass is 35.5. The molecule has 1 aliphatic carbocycles. The van der Waals surface area contributed by atoms with Gasteiger partial charge in [-0.05, 0) is 70.2 Å². The zero-order chi connectivity index (χ0) is 55.4. The monoisotopic (exact) mass is 1090 g/mol. The number of thioether (sulfide) groups is 1. The van der Waals surface area contributed by atoms with E-state index in [1.54, 1.807) is 65.4 Å². The third-order valence-corrected chi connectivity index (χ3v) is 15.6. The predicted molar refractivity (Wildman–Crippen MR) is 280 cm³/mol. The van der Waals surface area contributed by atoms with Gasteiger partial charge >= 0.3 is 18.2 Å². The van der Waals surface area contributed by atoms with Gasteiger partial charge in [0, 0.05) is 80.0 Å². The van der Waals surface area contributed by atoms with E-state index in [1.807, 2.05) is 19.1 Å². The molecule has 21 nitrogen and oxygen atoms in total. The van der Waals surface area contributed by atoms with E-state index in [-0.39, 0.29) is 54.5 Å². The van der Waals surface area contributed by atoms with Gasteiger partial charge in [-0.15, -0.1) is 0 Å². The number of epoxide rings is 1. The van der Waals surface area contributed by atoms with Gasteiger partial charge in [0.05, 0.1) is 31.4 Å². The maximum atomic E-state index is 14.4. The molecule has 4 bridgehead atoms. The van der Waals surface area contributed by atoms with Gasteiger partial charge in [-0.2, -0.15) is 0 Å². The first-order valence-electron chi connectivity index (χ1n) is 25.1. The SMILES string of the molecule is CNC(=O)COC1CCCC/C=C/C1OC(=O)N(C)CCN(C)C(=O)SCCC(=O)N(C)[C@@H](C)C(=O)O[C@H]1CC(=O)N(C)c2cc(cc(OC)c2Cl)C/C(C)=C/C=C/[C@@H](OC)[C@@]2(O)C[C@H](OC(=O)N2)[C@@H](C)[C@@H]2O[C@@]12C. The summed E-state index contributed by atoms with van der Waals surface area (Å²) in [4.78, 5) is 98.4. The summed E-state index contributed by atoms with van der Waals surface area (Å²) in [7, 11) is 10.5. The number of anilines is 1. The molecular formula is C52H75ClN6O15S. The second kappa shape index (κ2) is 27.1. The molecule has 75 heavy (non-hydrogen) atoms. The number of nitrogens with zero attached hydrogens (tertiary/aromatic N) is 4. The lowest BCUT2D eigenvalue weighted by Gasteiger charge is -2.42. The molecule has 3 aliphatic heterocycles. The van der Waals surface area contributed by atoms with Crippen LogP contribution in [-0.2, 0) is 54.0 Å². The summed E-state index contributed by atoms with van der Waals surface area (Å²) >= 11 is 7.72. The number of allylic oxidation sites excluding steroid dienone is 4. The number of ether oxygens (including phenoxy) is 7. The lowest BCUT2D eigenvalue weighted by molar-refractivity contribution is -0.162. The Hall–Kier alpha value is -5.39. The van der Waals surface area contributed by atoms with Crippen LogP contribution in [0.1, 0.15) is 78.2 Å². The van der Waals surface area contributed by atoms with Crippen LogP contribution in [0.3, 0.4) is 0 Å². The van der Waals surface area contributed by atoms with Crippen LogP contribution in [0.5, 0.6) is 5.75 Å². The van der Waals surface area contributed by atoms with Crippen LogP contribution in [0.15, 0.2) is 48.1 Å². The number of nitrogens with one attached hydrogen (secondary N) is 2. The van der Waals surface area contributed by atoms with Gasteiger partial charge in [0.1, 0.15) is 53.4 Å². The Labute approximate surface area is 448 Å². The van der Waals surface area contributed by atoms with Crippen molar-refractivity contribution >= 4 is 70.2 Å². The second-order valence-electron chi connectivity index (χ2n) is 19.7. The third kappa shape index (κ3) is 15.8. The van der Waals surface area contributed by atoms with Crippen molar-refractivity contribution in [1.82, 2.24) is 25.3 Å². The molecule has 416 valence electrons. The molecule has 0 spiro atoms. The molecule has 3 heterocycles. The van der Waals surface area contributed by atoms with Crippen LogP contribution in [-0.4, -0.2) is 190 Å². The predicted octanol–water partition coefficient (Wildman–Crippen LogP) is 5.39. The first-order valence-corrected chi connectivity index (χ1v) is 26.5. The van der Waals surface area contributed by atoms with Gasteiger partial charge < -0.3 is 63.2 Å². The number of esters is 1.